The third kappa shape index (κ3) is 2.86. The molecule has 0 saturated carbocycles. The highest BCUT2D eigenvalue weighted by molar-refractivity contribution is 6.07. The second-order valence-corrected chi connectivity index (χ2v) is 6.85. The van der Waals surface area contributed by atoms with E-state index in [1.54, 1.807) is 4.57 Å². The number of rotatable bonds is 4. The van der Waals surface area contributed by atoms with Crippen molar-refractivity contribution >= 4 is 22.8 Å². The number of nitrogens with two attached hydrogens (primary N) is 1. The lowest BCUT2D eigenvalue weighted by Crippen LogP contribution is -2.11. The third-order valence-electron chi connectivity index (χ3n) is 5.13. The van der Waals surface area contributed by atoms with Crippen LogP contribution in [0.4, 0.5) is 0 Å². The Hall–Kier alpha value is -3.08. The van der Waals surface area contributed by atoms with Gasteiger partial charge in [-0.3, -0.25) is 9.59 Å². The summed E-state index contributed by atoms with van der Waals surface area (Å²) in [5.74, 6) is -1.52. The summed E-state index contributed by atoms with van der Waals surface area (Å²) in [6.07, 6.45) is 6.24. The second kappa shape index (κ2) is 6.33. The summed E-state index contributed by atoms with van der Waals surface area (Å²) in [5, 5.41) is 9.77. The quantitative estimate of drug-likeness (QED) is 0.758. The monoisotopic (exact) mass is 348 g/mol. The highest BCUT2D eigenvalue weighted by Gasteiger charge is 2.16. The van der Waals surface area contributed by atoms with Gasteiger partial charge in [-0.25, -0.2) is 0 Å². The fourth-order valence-electron chi connectivity index (χ4n) is 3.86. The number of aromatic nitrogens is 1. The van der Waals surface area contributed by atoms with Gasteiger partial charge in [0, 0.05) is 17.1 Å². The Morgan fingerprint density at radius 1 is 1.00 bits per heavy atom. The fraction of sp³-hybridized carbons (Fsp3) is 0.238. The van der Waals surface area contributed by atoms with Gasteiger partial charge in [-0.05, 0) is 60.1 Å². The van der Waals surface area contributed by atoms with Crippen molar-refractivity contribution in [2.45, 2.75) is 32.2 Å². The van der Waals surface area contributed by atoms with E-state index in [9.17, 15) is 9.59 Å². The number of amides is 1. The zero-order valence-electron chi connectivity index (χ0n) is 14.4. The van der Waals surface area contributed by atoms with Crippen LogP contribution >= 0.6 is 0 Å². The Balaban J connectivity index is 1.83. The number of aliphatic carboxylic acids is 1. The minimum atomic E-state index is -0.961. The predicted molar refractivity (Wildman–Crippen MR) is 100 cm³/mol. The molecule has 1 aliphatic carbocycles. The van der Waals surface area contributed by atoms with Crippen LogP contribution in [0.25, 0.3) is 22.0 Å². The van der Waals surface area contributed by atoms with Crippen molar-refractivity contribution in [3.8, 4) is 11.1 Å². The molecule has 0 spiro atoms. The molecular weight excluding hydrogens is 328 g/mol. The lowest BCUT2D eigenvalue weighted by atomic mass is 9.89. The van der Waals surface area contributed by atoms with Crippen LogP contribution in [0.5, 0.6) is 0 Å². The van der Waals surface area contributed by atoms with Crippen LogP contribution in [0, 0.1) is 0 Å². The van der Waals surface area contributed by atoms with E-state index in [0.29, 0.717) is 16.5 Å². The lowest BCUT2D eigenvalue weighted by Gasteiger charge is -2.16. The molecule has 1 aromatic heterocycles. The molecule has 132 valence electrons. The van der Waals surface area contributed by atoms with Gasteiger partial charge in [0.15, 0.2) is 0 Å². The lowest BCUT2D eigenvalue weighted by molar-refractivity contribution is -0.137. The molecule has 5 nitrogen and oxygen atoms in total. The molecule has 1 heterocycles. The van der Waals surface area contributed by atoms with Crippen LogP contribution in [0.3, 0.4) is 0 Å². The number of hydrogen-bond acceptors (Lipinski definition) is 2. The topological polar surface area (TPSA) is 85.3 Å². The van der Waals surface area contributed by atoms with Gasteiger partial charge in [0.25, 0.3) is 5.91 Å². The van der Waals surface area contributed by atoms with Crippen molar-refractivity contribution < 1.29 is 14.7 Å². The van der Waals surface area contributed by atoms with E-state index in [2.05, 4.69) is 18.2 Å². The van der Waals surface area contributed by atoms with Crippen molar-refractivity contribution in [3.05, 3.63) is 59.3 Å². The maximum atomic E-state index is 11.8. The molecule has 3 aromatic rings. The molecule has 0 bridgehead atoms. The maximum Gasteiger partial charge on any atom is 0.323 e. The Morgan fingerprint density at radius 2 is 1.69 bits per heavy atom. The van der Waals surface area contributed by atoms with Crippen molar-refractivity contribution in [2.75, 3.05) is 0 Å². The number of aryl methyl sites for hydroxylation is 2. The predicted octanol–water partition coefficient (Wildman–Crippen LogP) is 3.37. The number of carbonyl (C=O) groups is 2. The van der Waals surface area contributed by atoms with E-state index in [-0.39, 0.29) is 6.54 Å². The highest BCUT2D eigenvalue weighted by atomic mass is 16.4. The summed E-state index contributed by atoms with van der Waals surface area (Å²) in [6.45, 7) is -0.206. The molecule has 0 atom stereocenters. The molecule has 4 rings (SSSR count). The molecule has 5 heteroatoms. The second-order valence-electron chi connectivity index (χ2n) is 6.85. The molecule has 1 aliphatic rings. The Bertz CT molecular complexity index is 1030. The molecule has 26 heavy (non-hydrogen) atoms. The van der Waals surface area contributed by atoms with Crippen LogP contribution in [0.15, 0.2) is 42.6 Å². The Morgan fingerprint density at radius 3 is 2.42 bits per heavy atom. The molecule has 0 radical (unpaired) electrons. The molecule has 0 aliphatic heterocycles. The number of hydrogen-bond donors (Lipinski definition) is 2. The summed E-state index contributed by atoms with van der Waals surface area (Å²) in [6, 6.07) is 12.3. The van der Waals surface area contributed by atoms with Crippen molar-refractivity contribution in [1.29, 1.82) is 0 Å². The van der Waals surface area contributed by atoms with Crippen molar-refractivity contribution in [2.24, 2.45) is 5.73 Å². The highest BCUT2D eigenvalue weighted by Crippen LogP contribution is 2.31. The van der Waals surface area contributed by atoms with Gasteiger partial charge in [-0.2, -0.15) is 0 Å². The molecular formula is C21H20N2O3. The maximum absolute atomic E-state index is 11.8. The van der Waals surface area contributed by atoms with Crippen LogP contribution in [-0.2, 0) is 24.2 Å². The zero-order valence-corrected chi connectivity index (χ0v) is 14.4. The Kier molecular flexibility index (Phi) is 3.99. The average molecular weight is 348 g/mol. The van der Waals surface area contributed by atoms with Crippen molar-refractivity contribution in [3.63, 3.8) is 0 Å². The summed E-state index contributed by atoms with van der Waals surface area (Å²) in [4.78, 5) is 22.9. The molecule has 0 fully saturated rings. The van der Waals surface area contributed by atoms with Crippen molar-refractivity contribution in [1.82, 2.24) is 4.57 Å². The average Bonchev–Trinajstić information content (AvgIpc) is 2.99. The molecule has 3 N–H and O–H groups in total. The minimum absolute atomic E-state index is 0.206. The zero-order chi connectivity index (χ0) is 18.3. The van der Waals surface area contributed by atoms with Gasteiger partial charge >= 0.3 is 5.97 Å². The molecule has 0 saturated heterocycles. The summed E-state index contributed by atoms with van der Waals surface area (Å²) in [5.41, 5.74) is 11.5. The van der Waals surface area contributed by atoms with Gasteiger partial charge in [-0.1, -0.05) is 24.3 Å². The standard InChI is InChI=1S/C21H20N2O3/c22-21(26)18-11-23(12-20(24)25)19-8-7-16(10-17(18)19)15-6-5-13-3-1-2-4-14(13)9-15/h5-11H,1-4,12H2,(H2,22,26)(H,24,25). The van der Waals surface area contributed by atoms with Crippen LogP contribution in [-0.4, -0.2) is 21.6 Å². The van der Waals surface area contributed by atoms with E-state index < -0.39 is 11.9 Å². The first-order valence-electron chi connectivity index (χ1n) is 8.79. The van der Waals surface area contributed by atoms with E-state index in [0.717, 1.165) is 24.0 Å². The number of fused-ring (bicyclic) bond motifs is 2. The minimum Gasteiger partial charge on any atom is -0.480 e. The van der Waals surface area contributed by atoms with Gasteiger partial charge in [0.1, 0.15) is 6.54 Å². The van der Waals surface area contributed by atoms with E-state index in [1.807, 2.05) is 18.2 Å². The molecule has 1 amide bonds. The number of nitrogens with zero attached hydrogens (tertiary/aromatic N) is 1. The van der Waals surface area contributed by atoms with Crippen LogP contribution in [0.2, 0.25) is 0 Å². The summed E-state index contributed by atoms with van der Waals surface area (Å²) >= 11 is 0. The third-order valence-corrected chi connectivity index (χ3v) is 5.13. The Labute approximate surface area is 151 Å². The number of primary amides is 1. The molecule has 0 unspecified atom stereocenters. The van der Waals surface area contributed by atoms with Crippen LogP contribution < -0.4 is 5.73 Å². The number of carboxylic acid groups (broad SMARTS) is 1. The number of benzene rings is 2. The van der Waals surface area contributed by atoms with Gasteiger partial charge < -0.3 is 15.4 Å². The summed E-state index contributed by atoms with van der Waals surface area (Å²) < 4.78 is 1.55. The molecule has 2 aromatic carbocycles. The van der Waals surface area contributed by atoms with Gasteiger partial charge in [0.2, 0.25) is 0 Å². The fourth-order valence-corrected chi connectivity index (χ4v) is 3.86. The van der Waals surface area contributed by atoms with Crippen LogP contribution in [0.1, 0.15) is 34.3 Å². The SMILES string of the molecule is NC(=O)c1cn(CC(=O)O)c2ccc(-c3ccc4c(c3)CCCC4)cc12. The van der Waals surface area contributed by atoms with Gasteiger partial charge in [0.05, 0.1) is 5.56 Å². The van der Waals surface area contributed by atoms with E-state index in [4.69, 9.17) is 10.8 Å². The van der Waals surface area contributed by atoms with E-state index in [1.165, 1.54) is 30.2 Å². The van der Waals surface area contributed by atoms with E-state index >= 15 is 0 Å². The largest absolute Gasteiger partial charge is 0.480 e. The first-order chi connectivity index (χ1) is 12.5. The normalized spacial score (nSPS) is 13.5. The number of carboxylic acids is 1. The number of carbonyl (C=O) groups excluding carboxylic acids is 1. The first-order valence-corrected chi connectivity index (χ1v) is 8.79. The summed E-state index contributed by atoms with van der Waals surface area (Å²) in [7, 11) is 0. The van der Waals surface area contributed by atoms with Gasteiger partial charge in [-0.15, -0.1) is 0 Å². The first kappa shape index (κ1) is 16.4. The smallest absolute Gasteiger partial charge is 0.323 e.